The number of β-amino-alcohol motifs (C(OH)–C–C–N with tert-alkyl or cyclic N) is 1. The maximum Gasteiger partial charge on any atom is 0.433 e. The molecule has 1 aromatic heterocycles. The predicted octanol–water partition coefficient (Wildman–Crippen LogP) is 1.39. The van der Waals surface area contributed by atoms with Crippen molar-refractivity contribution >= 4 is 5.95 Å². The second-order valence-corrected chi connectivity index (χ2v) is 5.82. The number of piperazine rings is 1. The molecule has 1 fully saturated rings. The van der Waals surface area contributed by atoms with Gasteiger partial charge in [0.2, 0.25) is 5.95 Å². The van der Waals surface area contributed by atoms with E-state index in [1.807, 2.05) is 0 Å². The molecule has 8 heteroatoms. The van der Waals surface area contributed by atoms with Gasteiger partial charge in [-0.3, -0.25) is 4.90 Å². The number of anilines is 1. The van der Waals surface area contributed by atoms with Crippen molar-refractivity contribution in [1.29, 1.82) is 0 Å². The predicted molar refractivity (Wildman–Crippen MR) is 72.0 cm³/mol. The maximum atomic E-state index is 12.6. The van der Waals surface area contributed by atoms with Crippen molar-refractivity contribution in [2.75, 3.05) is 37.6 Å². The summed E-state index contributed by atoms with van der Waals surface area (Å²) < 4.78 is 37.9. The normalized spacial score (nSPS) is 18.1. The highest BCUT2D eigenvalue weighted by molar-refractivity contribution is 5.31. The van der Waals surface area contributed by atoms with Crippen LogP contribution in [0.2, 0.25) is 0 Å². The van der Waals surface area contributed by atoms with Gasteiger partial charge in [-0.15, -0.1) is 0 Å². The SMILES string of the molecule is CC(C)(O)CN1CCN(c2nccc(C(F)(F)F)n2)CC1. The van der Waals surface area contributed by atoms with Crippen LogP contribution in [0.3, 0.4) is 0 Å². The maximum absolute atomic E-state index is 12.6. The van der Waals surface area contributed by atoms with Gasteiger partial charge in [-0.2, -0.15) is 13.2 Å². The Morgan fingerprint density at radius 3 is 2.33 bits per heavy atom. The third-order valence-corrected chi connectivity index (χ3v) is 3.20. The standard InChI is InChI=1S/C13H19F3N4O/c1-12(2,21)9-19-5-7-20(8-6-19)11-17-4-3-10(18-11)13(14,15)16/h3-4,21H,5-9H2,1-2H3. The van der Waals surface area contributed by atoms with Crippen LogP contribution in [0.5, 0.6) is 0 Å². The van der Waals surface area contributed by atoms with Crippen molar-refractivity contribution in [1.82, 2.24) is 14.9 Å². The van der Waals surface area contributed by atoms with E-state index in [4.69, 9.17) is 0 Å². The molecule has 0 saturated carbocycles. The highest BCUT2D eigenvalue weighted by Gasteiger charge is 2.33. The van der Waals surface area contributed by atoms with Gasteiger partial charge in [-0.05, 0) is 19.9 Å². The van der Waals surface area contributed by atoms with Crippen LogP contribution in [0, 0.1) is 0 Å². The minimum atomic E-state index is -4.46. The number of hydrogen-bond acceptors (Lipinski definition) is 5. The molecule has 2 heterocycles. The molecule has 1 aliphatic heterocycles. The molecule has 0 amide bonds. The van der Waals surface area contributed by atoms with Crippen molar-refractivity contribution < 1.29 is 18.3 Å². The van der Waals surface area contributed by atoms with E-state index >= 15 is 0 Å². The molecule has 0 spiro atoms. The number of alkyl halides is 3. The molecule has 0 atom stereocenters. The second kappa shape index (κ2) is 5.76. The van der Waals surface area contributed by atoms with Gasteiger partial charge in [0, 0.05) is 38.9 Å². The van der Waals surface area contributed by atoms with Crippen LogP contribution in [0.4, 0.5) is 19.1 Å². The van der Waals surface area contributed by atoms with E-state index < -0.39 is 17.5 Å². The van der Waals surface area contributed by atoms with Crippen LogP contribution in [0.15, 0.2) is 12.3 Å². The number of halogens is 3. The van der Waals surface area contributed by atoms with Crippen molar-refractivity contribution in [2.45, 2.75) is 25.6 Å². The van der Waals surface area contributed by atoms with Gasteiger partial charge < -0.3 is 10.0 Å². The lowest BCUT2D eigenvalue weighted by Gasteiger charge is -2.37. The minimum Gasteiger partial charge on any atom is -0.389 e. The molecule has 21 heavy (non-hydrogen) atoms. The first kappa shape index (κ1) is 16.0. The summed E-state index contributed by atoms with van der Waals surface area (Å²) in [6, 6.07) is 0.869. The lowest BCUT2D eigenvalue weighted by Crippen LogP contribution is -2.51. The van der Waals surface area contributed by atoms with Gasteiger partial charge in [-0.1, -0.05) is 0 Å². The van der Waals surface area contributed by atoms with E-state index in [-0.39, 0.29) is 5.95 Å². The summed E-state index contributed by atoms with van der Waals surface area (Å²) in [6.07, 6.45) is -3.32. The highest BCUT2D eigenvalue weighted by Crippen LogP contribution is 2.28. The molecule has 2 rings (SSSR count). The first-order valence-corrected chi connectivity index (χ1v) is 6.75. The van der Waals surface area contributed by atoms with Gasteiger partial charge in [0.1, 0.15) is 5.69 Å². The summed E-state index contributed by atoms with van der Waals surface area (Å²) >= 11 is 0. The topological polar surface area (TPSA) is 52.5 Å². The quantitative estimate of drug-likeness (QED) is 0.914. The Balaban J connectivity index is 1.99. The van der Waals surface area contributed by atoms with Crippen molar-refractivity contribution in [3.05, 3.63) is 18.0 Å². The van der Waals surface area contributed by atoms with Gasteiger partial charge in [0.25, 0.3) is 0 Å². The van der Waals surface area contributed by atoms with Crippen molar-refractivity contribution in [2.24, 2.45) is 0 Å². The largest absolute Gasteiger partial charge is 0.433 e. The van der Waals surface area contributed by atoms with E-state index in [1.165, 1.54) is 0 Å². The fourth-order valence-electron chi connectivity index (χ4n) is 2.31. The minimum absolute atomic E-state index is 0.104. The molecule has 118 valence electrons. The molecule has 0 aromatic carbocycles. The third-order valence-electron chi connectivity index (χ3n) is 3.20. The van der Waals surface area contributed by atoms with Crippen LogP contribution in [-0.4, -0.2) is 58.3 Å². The van der Waals surface area contributed by atoms with E-state index in [0.717, 1.165) is 12.3 Å². The Morgan fingerprint density at radius 1 is 1.19 bits per heavy atom. The summed E-state index contributed by atoms with van der Waals surface area (Å²) in [4.78, 5) is 11.3. The van der Waals surface area contributed by atoms with Crippen LogP contribution >= 0.6 is 0 Å². The zero-order chi connectivity index (χ0) is 15.7. The summed E-state index contributed by atoms with van der Waals surface area (Å²) in [5.41, 5.74) is -1.71. The Kier molecular flexibility index (Phi) is 4.38. The first-order chi connectivity index (χ1) is 9.65. The Hall–Kier alpha value is -1.41. The lowest BCUT2D eigenvalue weighted by molar-refractivity contribution is -0.141. The van der Waals surface area contributed by atoms with Gasteiger partial charge in [0.15, 0.2) is 0 Å². The van der Waals surface area contributed by atoms with E-state index in [0.29, 0.717) is 32.7 Å². The molecule has 0 radical (unpaired) electrons. The molecule has 1 saturated heterocycles. The number of nitrogens with zero attached hydrogens (tertiary/aromatic N) is 4. The van der Waals surface area contributed by atoms with Crippen LogP contribution in [-0.2, 0) is 6.18 Å². The second-order valence-electron chi connectivity index (χ2n) is 5.82. The molecular weight excluding hydrogens is 285 g/mol. The van der Waals surface area contributed by atoms with Crippen LogP contribution in [0.25, 0.3) is 0 Å². The number of rotatable bonds is 3. The number of aliphatic hydroxyl groups is 1. The summed E-state index contributed by atoms with van der Waals surface area (Å²) in [5, 5.41) is 9.77. The Bertz CT molecular complexity index is 479. The van der Waals surface area contributed by atoms with Crippen LogP contribution in [0.1, 0.15) is 19.5 Å². The number of aromatic nitrogens is 2. The lowest BCUT2D eigenvalue weighted by atomic mass is 10.1. The summed E-state index contributed by atoms with van der Waals surface area (Å²) in [5.74, 6) is 0.104. The molecular formula is C13H19F3N4O. The third kappa shape index (κ3) is 4.53. The molecule has 0 unspecified atom stereocenters. The highest BCUT2D eigenvalue weighted by atomic mass is 19.4. The molecule has 0 aliphatic carbocycles. The van der Waals surface area contributed by atoms with Gasteiger partial charge in [0.05, 0.1) is 5.60 Å². The average molecular weight is 304 g/mol. The van der Waals surface area contributed by atoms with E-state index in [2.05, 4.69) is 14.9 Å². The van der Waals surface area contributed by atoms with Gasteiger partial charge in [-0.25, -0.2) is 9.97 Å². The zero-order valence-electron chi connectivity index (χ0n) is 12.1. The number of hydrogen-bond donors (Lipinski definition) is 1. The van der Waals surface area contributed by atoms with E-state index in [1.54, 1.807) is 18.7 Å². The molecule has 5 nitrogen and oxygen atoms in total. The van der Waals surface area contributed by atoms with Gasteiger partial charge >= 0.3 is 6.18 Å². The molecule has 0 bridgehead atoms. The Morgan fingerprint density at radius 2 is 1.81 bits per heavy atom. The van der Waals surface area contributed by atoms with E-state index in [9.17, 15) is 18.3 Å². The smallest absolute Gasteiger partial charge is 0.389 e. The summed E-state index contributed by atoms with van der Waals surface area (Å²) in [6.45, 7) is 6.39. The molecule has 1 N–H and O–H groups in total. The molecule has 1 aliphatic rings. The van der Waals surface area contributed by atoms with Crippen molar-refractivity contribution in [3.63, 3.8) is 0 Å². The first-order valence-electron chi connectivity index (χ1n) is 6.75. The summed E-state index contributed by atoms with van der Waals surface area (Å²) in [7, 11) is 0. The Labute approximate surface area is 121 Å². The fraction of sp³-hybridized carbons (Fsp3) is 0.692. The molecule has 1 aromatic rings. The monoisotopic (exact) mass is 304 g/mol. The fourth-order valence-corrected chi connectivity index (χ4v) is 2.31. The van der Waals surface area contributed by atoms with Crippen LogP contribution < -0.4 is 4.90 Å². The zero-order valence-corrected chi connectivity index (χ0v) is 12.1. The average Bonchev–Trinajstić information content (AvgIpc) is 2.37. The van der Waals surface area contributed by atoms with Crippen molar-refractivity contribution in [3.8, 4) is 0 Å².